The fraction of sp³-hybridized carbons (Fsp3) is 0.143. The van der Waals surface area contributed by atoms with Gasteiger partial charge in [0.1, 0.15) is 5.82 Å². The summed E-state index contributed by atoms with van der Waals surface area (Å²) in [6.07, 6.45) is 1.81. The van der Waals surface area contributed by atoms with E-state index in [0.717, 1.165) is 33.9 Å². The number of aryl methyl sites for hydroxylation is 2. The molecule has 0 spiro atoms. The highest BCUT2D eigenvalue weighted by Crippen LogP contribution is 2.26. The number of nitrogens with one attached hydrogen (secondary N) is 2. The normalized spacial score (nSPS) is 10.3. The first kappa shape index (κ1) is 16.7. The molecule has 3 rings (SSSR count). The summed E-state index contributed by atoms with van der Waals surface area (Å²) in [7, 11) is 0. The molecular weight excluding hydrogens is 308 g/mol. The molecule has 4 nitrogen and oxygen atoms in total. The Morgan fingerprint density at radius 3 is 2.36 bits per heavy atom. The average molecular weight is 330 g/mol. The van der Waals surface area contributed by atoms with Gasteiger partial charge in [0.2, 0.25) is 5.95 Å². The third kappa shape index (κ3) is 4.04. The van der Waals surface area contributed by atoms with E-state index >= 15 is 0 Å². The van der Waals surface area contributed by atoms with Crippen LogP contribution in [0.3, 0.4) is 0 Å². The van der Waals surface area contributed by atoms with Gasteiger partial charge in [0.05, 0.1) is 5.69 Å². The Kier molecular flexibility index (Phi) is 5.09. The Bertz CT molecular complexity index is 852. The molecule has 2 aromatic carbocycles. The number of aromatic nitrogens is 2. The molecule has 0 saturated carbocycles. The molecule has 126 valence electrons. The van der Waals surface area contributed by atoms with Crippen LogP contribution in [0.5, 0.6) is 0 Å². The van der Waals surface area contributed by atoms with Crippen LogP contribution >= 0.6 is 0 Å². The molecule has 0 aliphatic carbocycles. The van der Waals surface area contributed by atoms with Gasteiger partial charge in [0.25, 0.3) is 0 Å². The second-order valence-electron chi connectivity index (χ2n) is 5.89. The first-order valence-electron chi connectivity index (χ1n) is 8.30. The smallest absolute Gasteiger partial charge is 0.229 e. The Hall–Kier alpha value is -3.14. The minimum Gasteiger partial charge on any atom is -0.366 e. The number of hydrogen-bond donors (Lipinski definition) is 2. The predicted molar refractivity (Wildman–Crippen MR) is 105 cm³/mol. The summed E-state index contributed by atoms with van der Waals surface area (Å²) in [6.45, 7) is 8.55. The molecule has 0 atom stereocenters. The lowest BCUT2D eigenvalue weighted by Crippen LogP contribution is -2.06. The molecule has 25 heavy (non-hydrogen) atoms. The third-order valence-corrected chi connectivity index (χ3v) is 3.94. The third-order valence-electron chi connectivity index (χ3n) is 3.94. The molecule has 0 fully saturated rings. The van der Waals surface area contributed by atoms with Crippen LogP contribution < -0.4 is 10.6 Å². The van der Waals surface area contributed by atoms with Gasteiger partial charge in [-0.2, -0.15) is 4.98 Å². The molecule has 3 aromatic rings. The highest BCUT2D eigenvalue weighted by atomic mass is 15.1. The van der Waals surface area contributed by atoms with E-state index in [4.69, 9.17) is 4.98 Å². The van der Waals surface area contributed by atoms with Gasteiger partial charge in [-0.25, -0.2) is 4.98 Å². The summed E-state index contributed by atoms with van der Waals surface area (Å²) >= 11 is 0. The summed E-state index contributed by atoms with van der Waals surface area (Å²) in [4.78, 5) is 9.29. The fourth-order valence-electron chi connectivity index (χ4n) is 2.65. The first-order valence-corrected chi connectivity index (χ1v) is 8.30. The van der Waals surface area contributed by atoms with Gasteiger partial charge in [-0.15, -0.1) is 6.58 Å². The van der Waals surface area contributed by atoms with E-state index in [1.54, 1.807) is 0 Å². The number of hydrogen-bond acceptors (Lipinski definition) is 4. The number of benzene rings is 2. The SMILES string of the molecule is C=CCNc1cc(-c2ccccc2)nc(Nc2c(C)cccc2C)n1. The van der Waals surface area contributed by atoms with Gasteiger partial charge >= 0.3 is 0 Å². The molecule has 4 heteroatoms. The molecule has 2 N–H and O–H groups in total. The van der Waals surface area contributed by atoms with Gasteiger partial charge in [-0.1, -0.05) is 54.6 Å². The van der Waals surface area contributed by atoms with Crippen LogP contribution in [-0.2, 0) is 0 Å². The van der Waals surface area contributed by atoms with E-state index in [1.807, 2.05) is 48.5 Å². The molecule has 1 heterocycles. The van der Waals surface area contributed by atoms with E-state index in [-0.39, 0.29) is 0 Å². The van der Waals surface area contributed by atoms with Gasteiger partial charge in [0, 0.05) is 23.9 Å². The number of para-hydroxylation sites is 1. The predicted octanol–water partition coefficient (Wildman–Crippen LogP) is 5.10. The van der Waals surface area contributed by atoms with Crippen molar-refractivity contribution in [1.82, 2.24) is 9.97 Å². The van der Waals surface area contributed by atoms with Crippen LogP contribution in [0.15, 0.2) is 67.3 Å². The van der Waals surface area contributed by atoms with Crippen molar-refractivity contribution in [1.29, 1.82) is 0 Å². The lowest BCUT2D eigenvalue weighted by molar-refractivity contribution is 1.14. The second-order valence-corrected chi connectivity index (χ2v) is 5.89. The van der Waals surface area contributed by atoms with Crippen molar-refractivity contribution >= 4 is 17.5 Å². The fourth-order valence-corrected chi connectivity index (χ4v) is 2.65. The molecular formula is C21H22N4. The topological polar surface area (TPSA) is 49.8 Å². The minimum absolute atomic E-state index is 0.574. The Morgan fingerprint density at radius 1 is 0.960 bits per heavy atom. The van der Waals surface area contributed by atoms with E-state index in [0.29, 0.717) is 12.5 Å². The average Bonchev–Trinajstić information content (AvgIpc) is 2.64. The molecule has 0 aliphatic heterocycles. The molecule has 0 aliphatic rings. The maximum Gasteiger partial charge on any atom is 0.229 e. The van der Waals surface area contributed by atoms with E-state index in [9.17, 15) is 0 Å². The van der Waals surface area contributed by atoms with Crippen molar-refractivity contribution in [3.8, 4) is 11.3 Å². The summed E-state index contributed by atoms with van der Waals surface area (Å²) < 4.78 is 0. The summed E-state index contributed by atoms with van der Waals surface area (Å²) in [5.74, 6) is 1.34. The lowest BCUT2D eigenvalue weighted by Gasteiger charge is -2.14. The number of nitrogens with zero attached hydrogens (tertiary/aromatic N) is 2. The van der Waals surface area contributed by atoms with Crippen LogP contribution in [0.25, 0.3) is 11.3 Å². The largest absolute Gasteiger partial charge is 0.366 e. The Labute approximate surface area is 148 Å². The molecule has 0 unspecified atom stereocenters. The van der Waals surface area contributed by atoms with E-state index in [2.05, 4.69) is 48.2 Å². The summed E-state index contributed by atoms with van der Waals surface area (Å²) in [6, 6.07) is 18.3. The quantitative estimate of drug-likeness (QED) is 0.617. The van der Waals surface area contributed by atoms with Crippen molar-refractivity contribution in [3.05, 3.63) is 78.4 Å². The maximum atomic E-state index is 4.70. The highest BCUT2D eigenvalue weighted by Gasteiger charge is 2.09. The lowest BCUT2D eigenvalue weighted by atomic mass is 10.1. The van der Waals surface area contributed by atoms with Crippen LogP contribution in [0, 0.1) is 13.8 Å². The van der Waals surface area contributed by atoms with Crippen LogP contribution in [0.2, 0.25) is 0 Å². The Morgan fingerprint density at radius 2 is 1.68 bits per heavy atom. The molecule has 0 saturated heterocycles. The Balaban J connectivity index is 2.01. The second kappa shape index (κ2) is 7.62. The van der Waals surface area contributed by atoms with Crippen molar-refractivity contribution in [2.24, 2.45) is 0 Å². The van der Waals surface area contributed by atoms with Gasteiger partial charge < -0.3 is 10.6 Å². The standard InChI is InChI=1S/C21H22N4/c1-4-13-22-19-14-18(17-11-6-5-7-12-17)23-21(24-19)25-20-15(2)9-8-10-16(20)3/h4-12,14H,1,13H2,2-3H3,(H2,22,23,24,25). The van der Waals surface area contributed by atoms with Crippen LogP contribution in [0.4, 0.5) is 17.5 Å². The van der Waals surface area contributed by atoms with Crippen molar-refractivity contribution in [3.63, 3.8) is 0 Å². The van der Waals surface area contributed by atoms with Crippen molar-refractivity contribution < 1.29 is 0 Å². The van der Waals surface area contributed by atoms with Crippen molar-refractivity contribution in [2.75, 3.05) is 17.2 Å². The number of anilines is 3. The minimum atomic E-state index is 0.574. The molecule has 0 radical (unpaired) electrons. The molecule has 0 bridgehead atoms. The maximum absolute atomic E-state index is 4.70. The van der Waals surface area contributed by atoms with Crippen LogP contribution in [0.1, 0.15) is 11.1 Å². The van der Waals surface area contributed by atoms with Crippen molar-refractivity contribution in [2.45, 2.75) is 13.8 Å². The van der Waals surface area contributed by atoms with E-state index in [1.165, 1.54) is 0 Å². The zero-order valence-corrected chi connectivity index (χ0v) is 14.6. The zero-order chi connectivity index (χ0) is 17.6. The first-order chi connectivity index (χ1) is 12.2. The van der Waals surface area contributed by atoms with Gasteiger partial charge in [-0.05, 0) is 25.0 Å². The monoisotopic (exact) mass is 330 g/mol. The number of rotatable bonds is 6. The van der Waals surface area contributed by atoms with Gasteiger partial charge in [-0.3, -0.25) is 0 Å². The summed E-state index contributed by atoms with van der Waals surface area (Å²) in [5, 5.41) is 6.63. The molecule has 0 amide bonds. The van der Waals surface area contributed by atoms with Crippen LogP contribution in [-0.4, -0.2) is 16.5 Å². The molecule has 1 aromatic heterocycles. The van der Waals surface area contributed by atoms with E-state index < -0.39 is 0 Å². The van der Waals surface area contributed by atoms with Gasteiger partial charge in [0.15, 0.2) is 0 Å². The summed E-state index contributed by atoms with van der Waals surface area (Å²) in [5.41, 5.74) is 5.29. The zero-order valence-electron chi connectivity index (χ0n) is 14.6. The highest BCUT2D eigenvalue weighted by molar-refractivity contribution is 5.68.